The van der Waals surface area contributed by atoms with E-state index in [0.717, 1.165) is 24.0 Å². The molecule has 2 heterocycles. The van der Waals surface area contributed by atoms with Gasteiger partial charge in [-0.2, -0.15) is 5.10 Å². The number of thioether (sulfide) groups is 1. The summed E-state index contributed by atoms with van der Waals surface area (Å²) in [6.07, 6.45) is 6.47. The van der Waals surface area contributed by atoms with Gasteiger partial charge in [-0.3, -0.25) is 10.00 Å². The standard InChI is InChI=1S/C20H24N4S/c1-25-19-7-4-15(5-8-19)13-24-10-2-3-18(14-24)22-17-6-9-20-16(11-17)12-21-23-20/h4-9,11-12,18,22H,2-3,10,13-14H2,1H3,(H,21,23)/t18-/m0/s1. The number of benzene rings is 2. The maximum atomic E-state index is 4.10. The second-order valence-electron chi connectivity index (χ2n) is 6.74. The van der Waals surface area contributed by atoms with E-state index in [-0.39, 0.29) is 0 Å². The summed E-state index contributed by atoms with van der Waals surface area (Å²) in [5, 5.41) is 12.0. The van der Waals surface area contributed by atoms with Gasteiger partial charge >= 0.3 is 0 Å². The predicted molar refractivity (Wildman–Crippen MR) is 106 cm³/mol. The number of rotatable bonds is 5. The molecule has 1 aromatic heterocycles. The first-order valence-corrected chi connectivity index (χ1v) is 10.1. The average molecular weight is 353 g/mol. The topological polar surface area (TPSA) is 44.0 Å². The van der Waals surface area contributed by atoms with Crippen LogP contribution in [-0.2, 0) is 6.54 Å². The minimum Gasteiger partial charge on any atom is -0.381 e. The first kappa shape index (κ1) is 16.5. The molecule has 1 aliphatic rings. The molecule has 0 spiro atoms. The van der Waals surface area contributed by atoms with Crippen molar-refractivity contribution in [1.29, 1.82) is 0 Å². The predicted octanol–water partition coefficient (Wildman–Crippen LogP) is 4.36. The van der Waals surface area contributed by atoms with Gasteiger partial charge in [0.05, 0.1) is 11.7 Å². The molecule has 130 valence electrons. The van der Waals surface area contributed by atoms with Crippen molar-refractivity contribution >= 4 is 28.4 Å². The molecule has 1 aliphatic heterocycles. The molecule has 0 bridgehead atoms. The number of hydrogen-bond acceptors (Lipinski definition) is 4. The van der Waals surface area contributed by atoms with E-state index >= 15 is 0 Å². The van der Waals surface area contributed by atoms with Crippen LogP contribution < -0.4 is 5.32 Å². The Morgan fingerprint density at radius 3 is 2.96 bits per heavy atom. The molecule has 0 radical (unpaired) electrons. The Labute approximate surface area is 153 Å². The third kappa shape index (κ3) is 3.99. The molecule has 0 unspecified atom stereocenters. The molecule has 0 amide bonds. The molecule has 5 heteroatoms. The van der Waals surface area contributed by atoms with E-state index in [9.17, 15) is 0 Å². The van der Waals surface area contributed by atoms with Crippen molar-refractivity contribution in [2.75, 3.05) is 24.7 Å². The molecule has 1 saturated heterocycles. The highest BCUT2D eigenvalue weighted by Gasteiger charge is 2.20. The summed E-state index contributed by atoms with van der Waals surface area (Å²) in [6.45, 7) is 3.31. The quantitative estimate of drug-likeness (QED) is 0.670. The zero-order valence-electron chi connectivity index (χ0n) is 14.5. The molecule has 0 saturated carbocycles. The first-order chi connectivity index (χ1) is 12.3. The van der Waals surface area contributed by atoms with Crippen molar-refractivity contribution in [2.24, 2.45) is 0 Å². The van der Waals surface area contributed by atoms with Crippen molar-refractivity contribution in [3.8, 4) is 0 Å². The molecule has 25 heavy (non-hydrogen) atoms. The van der Waals surface area contributed by atoms with Crippen LogP contribution in [0.1, 0.15) is 18.4 Å². The Balaban J connectivity index is 1.38. The lowest BCUT2D eigenvalue weighted by Crippen LogP contribution is -2.41. The number of nitrogens with zero attached hydrogens (tertiary/aromatic N) is 2. The Hall–Kier alpha value is -1.98. The van der Waals surface area contributed by atoms with Crippen LogP contribution in [0.5, 0.6) is 0 Å². The number of likely N-dealkylation sites (tertiary alicyclic amines) is 1. The molecular weight excluding hydrogens is 328 g/mol. The van der Waals surface area contributed by atoms with Crippen molar-refractivity contribution < 1.29 is 0 Å². The molecule has 4 nitrogen and oxygen atoms in total. The van der Waals surface area contributed by atoms with Crippen LogP contribution in [0, 0.1) is 0 Å². The lowest BCUT2D eigenvalue weighted by Gasteiger charge is -2.33. The number of aromatic amines is 1. The van der Waals surface area contributed by atoms with Crippen molar-refractivity contribution in [2.45, 2.75) is 30.3 Å². The van der Waals surface area contributed by atoms with E-state index in [1.807, 2.05) is 6.20 Å². The summed E-state index contributed by atoms with van der Waals surface area (Å²) < 4.78 is 0. The van der Waals surface area contributed by atoms with Crippen molar-refractivity contribution in [1.82, 2.24) is 15.1 Å². The molecule has 4 rings (SSSR count). The van der Waals surface area contributed by atoms with Gasteiger partial charge in [-0.25, -0.2) is 0 Å². The maximum Gasteiger partial charge on any atom is 0.0651 e. The lowest BCUT2D eigenvalue weighted by molar-refractivity contribution is 0.208. The second kappa shape index (κ2) is 7.50. The summed E-state index contributed by atoms with van der Waals surface area (Å²) >= 11 is 1.80. The van der Waals surface area contributed by atoms with Gasteiger partial charge in [0.2, 0.25) is 0 Å². The minimum atomic E-state index is 0.503. The average Bonchev–Trinajstić information content (AvgIpc) is 3.10. The van der Waals surface area contributed by atoms with E-state index in [2.05, 4.69) is 69.1 Å². The van der Waals surface area contributed by atoms with Gasteiger partial charge in [0, 0.05) is 35.1 Å². The van der Waals surface area contributed by atoms with E-state index in [4.69, 9.17) is 0 Å². The van der Waals surface area contributed by atoms with Gasteiger partial charge in [-0.15, -0.1) is 11.8 Å². The monoisotopic (exact) mass is 352 g/mol. The molecule has 2 aromatic carbocycles. The first-order valence-electron chi connectivity index (χ1n) is 8.85. The third-order valence-corrected chi connectivity index (χ3v) is 5.63. The summed E-state index contributed by atoms with van der Waals surface area (Å²) in [5.74, 6) is 0. The highest BCUT2D eigenvalue weighted by molar-refractivity contribution is 7.98. The van der Waals surface area contributed by atoms with Crippen LogP contribution in [-0.4, -0.2) is 40.5 Å². The SMILES string of the molecule is CSc1ccc(CN2CCC[C@H](Nc3ccc4[nH]ncc4c3)C2)cc1. The highest BCUT2D eigenvalue weighted by atomic mass is 32.2. The number of hydrogen-bond donors (Lipinski definition) is 2. The van der Waals surface area contributed by atoms with E-state index in [1.165, 1.54) is 35.5 Å². The lowest BCUT2D eigenvalue weighted by atomic mass is 10.0. The van der Waals surface area contributed by atoms with Gasteiger partial charge < -0.3 is 5.32 Å². The smallest absolute Gasteiger partial charge is 0.0651 e. The number of anilines is 1. The fourth-order valence-corrected chi connectivity index (χ4v) is 3.98. The van der Waals surface area contributed by atoms with Crippen LogP contribution in [0.15, 0.2) is 53.6 Å². The Bertz CT molecular complexity index is 827. The molecule has 3 aromatic rings. The van der Waals surface area contributed by atoms with E-state index in [1.54, 1.807) is 11.8 Å². The van der Waals surface area contributed by atoms with Gasteiger partial charge in [0.1, 0.15) is 0 Å². The summed E-state index contributed by atoms with van der Waals surface area (Å²) in [4.78, 5) is 3.89. The minimum absolute atomic E-state index is 0.503. The number of piperidine rings is 1. The van der Waals surface area contributed by atoms with Gasteiger partial charge in [0.25, 0.3) is 0 Å². The highest BCUT2D eigenvalue weighted by Crippen LogP contribution is 2.22. The van der Waals surface area contributed by atoms with Gasteiger partial charge in [-0.05, 0) is 61.5 Å². The number of nitrogens with one attached hydrogen (secondary N) is 2. The molecule has 1 atom stereocenters. The van der Waals surface area contributed by atoms with Crippen LogP contribution in [0.4, 0.5) is 5.69 Å². The molecular formula is C20H24N4S. The van der Waals surface area contributed by atoms with Crippen molar-refractivity contribution in [3.05, 3.63) is 54.2 Å². The zero-order valence-corrected chi connectivity index (χ0v) is 15.4. The maximum absolute atomic E-state index is 4.10. The van der Waals surface area contributed by atoms with E-state index < -0.39 is 0 Å². The normalized spacial score (nSPS) is 18.5. The zero-order chi connectivity index (χ0) is 17.1. The molecule has 2 N–H and O–H groups in total. The van der Waals surface area contributed by atoms with Gasteiger partial charge in [0.15, 0.2) is 0 Å². The summed E-state index contributed by atoms with van der Waals surface area (Å²) in [7, 11) is 0. The largest absolute Gasteiger partial charge is 0.381 e. The van der Waals surface area contributed by atoms with Gasteiger partial charge in [-0.1, -0.05) is 12.1 Å². The Morgan fingerprint density at radius 1 is 1.24 bits per heavy atom. The number of H-pyrrole nitrogens is 1. The fourth-order valence-electron chi connectivity index (χ4n) is 3.57. The third-order valence-electron chi connectivity index (χ3n) is 4.88. The second-order valence-corrected chi connectivity index (χ2v) is 7.62. The Morgan fingerprint density at radius 2 is 2.12 bits per heavy atom. The number of fused-ring (bicyclic) bond motifs is 1. The fraction of sp³-hybridized carbons (Fsp3) is 0.350. The van der Waals surface area contributed by atoms with Crippen LogP contribution in [0.2, 0.25) is 0 Å². The molecule has 1 fully saturated rings. The Kier molecular flexibility index (Phi) is 4.95. The molecule has 0 aliphatic carbocycles. The number of aromatic nitrogens is 2. The van der Waals surface area contributed by atoms with Crippen molar-refractivity contribution in [3.63, 3.8) is 0 Å². The van der Waals surface area contributed by atoms with E-state index in [0.29, 0.717) is 6.04 Å². The van der Waals surface area contributed by atoms with Crippen LogP contribution in [0.3, 0.4) is 0 Å². The van der Waals surface area contributed by atoms with Crippen LogP contribution >= 0.6 is 11.8 Å². The summed E-state index contributed by atoms with van der Waals surface area (Å²) in [6, 6.07) is 15.9. The summed E-state index contributed by atoms with van der Waals surface area (Å²) in [5.41, 5.74) is 3.67. The van der Waals surface area contributed by atoms with Crippen LogP contribution in [0.25, 0.3) is 10.9 Å².